The van der Waals surface area contributed by atoms with Crippen LogP contribution in [0.2, 0.25) is 5.02 Å². The number of carbonyl (C=O) groups excluding carboxylic acids is 1. The summed E-state index contributed by atoms with van der Waals surface area (Å²) in [6.45, 7) is 3.17. The first kappa shape index (κ1) is 27.9. The molecular weight excluding hydrogens is 550 g/mol. The molecule has 4 rings (SSSR count). The number of anilines is 1. The minimum atomic E-state index is -4.03. The quantitative estimate of drug-likeness (QED) is 0.351. The summed E-state index contributed by atoms with van der Waals surface area (Å²) in [6, 6.07) is 17.0. The monoisotopic (exact) mass is 577 g/mol. The van der Waals surface area contributed by atoms with E-state index < -0.39 is 26.0 Å². The minimum absolute atomic E-state index is 0.0137. The highest BCUT2D eigenvalue weighted by atomic mass is 35.5. The molecule has 0 unspecified atom stereocenters. The van der Waals surface area contributed by atoms with Crippen molar-refractivity contribution < 1.29 is 26.4 Å². The Kier molecular flexibility index (Phi) is 8.61. The summed E-state index contributed by atoms with van der Waals surface area (Å²) in [5.74, 6) is -0.0361. The predicted molar refractivity (Wildman–Crippen MR) is 146 cm³/mol. The zero-order chi connectivity index (χ0) is 27.3. The largest absolute Gasteiger partial charge is 0.492 e. The summed E-state index contributed by atoms with van der Waals surface area (Å²) in [4.78, 5) is 12.6. The third-order valence-corrected chi connectivity index (χ3v) is 9.71. The van der Waals surface area contributed by atoms with E-state index in [1.54, 1.807) is 30.3 Å². The third kappa shape index (κ3) is 6.65. The van der Waals surface area contributed by atoms with Gasteiger partial charge in [0.25, 0.3) is 15.9 Å². The fourth-order valence-electron chi connectivity index (χ4n) is 3.99. The number of rotatable bonds is 10. The normalized spacial score (nSPS) is 14.3. The molecule has 0 atom stereocenters. The van der Waals surface area contributed by atoms with E-state index >= 15 is 0 Å². The molecule has 0 radical (unpaired) electrons. The highest BCUT2D eigenvalue weighted by Gasteiger charge is 2.27. The zero-order valence-corrected chi connectivity index (χ0v) is 23.1. The number of hydrogen-bond donors (Lipinski definition) is 2. The lowest BCUT2D eigenvalue weighted by atomic mass is 10.2. The lowest BCUT2D eigenvalue weighted by molar-refractivity contribution is 0.0946. The maximum absolute atomic E-state index is 12.9. The maximum atomic E-state index is 12.9. The van der Waals surface area contributed by atoms with Crippen LogP contribution in [0.25, 0.3) is 0 Å². The molecule has 1 heterocycles. The van der Waals surface area contributed by atoms with E-state index in [2.05, 4.69) is 10.0 Å². The number of nitrogens with zero attached hydrogens (tertiary/aromatic N) is 1. The molecule has 38 heavy (non-hydrogen) atoms. The molecule has 0 saturated carbocycles. The van der Waals surface area contributed by atoms with Gasteiger partial charge in [0.15, 0.2) is 0 Å². The van der Waals surface area contributed by atoms with E-state index in [9.17, 15) is 21.6 Å². The lowest BCUT2D eigenvalue weighted by Gasteiger charge is -2.15. The molecule has 9 nitrogen and oxygen atoms in total. The summed E-state index contributed by atoms with van der Waals surface area (Å²) in [5, 5.41) is 2.66. The second-order valence-electron chi connectivity index (χ2n) is 8.81. The van der Waals surface area contributed by atoms with Gasteiger partial charge in [-0.1, -0.05) is 23.7 Å². The van der Waals surface area contributed by atoms with Crippen LogP contribution in [-0.2, 0) is 20.0 Å². The Labute approximate surface area is 227 Å². The number of nitrogens with one attached hydrogen (secondary N) is 2. The van der Waals surface area contributed by atoms with Crippen LogP contribution in [0.15, 0.2) is 76.5 Å². The van der Waals surface area contributed by atoms with Crippen molar-refractivity contribution in [1.82, 2.24) is 9.62 Å². The molecule has 1 fully saturated rings. The fourth-order valence-corrected chi connectivity index (χ4v) is 7.08. The molecule has 1 aliphatic rings. The number of hydrogen-bond acceptors (Lipinski definition) is 6. The second kappa shape index (κ2) is 11.7. The van der Waals surface area contributed by atoms with Gasteiger partial charge in [0, 0.05) is 24.3 Å². The van der Waals surface area contributed by atoms with Gasteiger partial charge in [-0.15, -0.1) is 0 Å². The Balaban J connectivity index is 1.33. The van der Waals surface area contributed by atoms with Gasteiger partial charge in [-0.3, -0.25) is 9.52 Å². The average Bonchev–Trinajstić information content (AvgIpc) is 3.43. The second-order valence-corrected chi connectivity index (χ2v) is 12.8. The number of halogens is 1. The highest BCUT2D eigenvalue weighted by molar-refractivity contribution is 7.92. The van der Waals surface area contributed by atoms with Crippen LogP contribution in [0, 0.1) is 6.92 Å². The zero-order valence-electron chi connectivity index (χ0n) is 20.7. The van der Waals surface area contributed by atoms with Crippen LogP contribution in [0.1, 0.15) is 28.8 Å². The van der Waals surface area contributed by atoms with Crippen molar-refractivity contribution in [1.29, 1.82) is 0 Å². The molecule has 0 spiro atoms. The molecule has 3 aromatic rings. The Bertz CT molecular complexity index is 1520. The van der Waals surface area contributed by atoms with E-state index in [0.717, 1.165) is 18.4 Å². The van der Waals surface area contributed by atoms with Crippen molar-refractivity contribution in [2.24, 2.45) is 0 Å². The third-order valence-electron chi connectivity index (χ3n) is 5.94. The van der Waals surface area contributed by atoms with Gasteiger partial charge in [-0.05, 0) is 79.9 Å². The molecular formula is C26H28ClN3O6S2. The summed E-state index contributed by atoms with van der Waals surface area (Å²) >= 11 is 6.14. The number of ether oxygens (including phenoxy) is 1. The Morgan fingerprint density at radius 1 is 0.974 bits per heavy atom. The van der Waals surface area contributed by atoms with Gasteiger partial charge in [0.2, 0.25) is 10.0 Å². The van der Waals surface area contributed by atoms with E-state index in [0.29, 0.717) is 24.5 Å². The fraction of sp³-hybridized carbons (Fsp3) is 0.269. The van der Waals surface area contributed by atoms with Crippen molar-refractivity contribution in [3.8, 4) is 5.75 Å². The van der Waals surface area contributed by atoms with Crippen molar-refractivity contribution in [3.05, 3.63) is 82.9 Å². The summed E-state index contributed by atoms with van der Waals surface area (Å²) in [5.41, 5.74) is 1.39. The summed E-state index contributed by atoms with van der Waals surface area (Å²) < 4.78 is 60.6. The predicted octanol–water partition coefficient (Wildman–Crippen LogP) is 4.04. The number of benzene rings is 3. The number of sulfonamides is 2. The van der Waals surface area contributed by atoms with Gasteiger partial charge in [0.05, 0.1) is 16.5 Å². The average molecular weight is 578 g/mol. The van der Waals surface area contributed by atoms with Crippen molar-refractivity contribution in [2.75, 3.05) is 31.0 Å². The standard InChI is InChI=1S/C26H28ClN3O6S2/c1-19-5-4-6-21(17-19)29-37(32,33)25-18-20(7-12-24(25)27)26(31)28-13-16-36-22-8-10-23(11-9-22)38(34,35)30-14-2-3-15-30/h4-12,17-18,29H,2-3,13-16H2,1H3,(H,28,31). The smallest absolute Gasteiger partial charge is 0.263 e. The molecule has 0 aromatic heterocycles. The number of aryl methyl sites for hydroxylation is 1. The van der Waals surface area contributed by atoms with Crippen molar-refractivity contribution >= 4 is 43.2 Å². The highest BCUT2D eigenvalue weighted by Crippen LogP contribution is 2.26. The van der Waals surface area contributed by atoms with Crippen LogP contribution in [0.4, 0.5) is 5.69 Å². The summed E-state index contributed by atoms with van der Waals surface area (Å²) in [6.07, 6.45) is 1.73. The van der Waals surface area contributed by atoms with Crippen molar-refractivity contribution in [2.45, 2.75) is 29.6 Å². The molecule has 0 aliphatic carbocycles. The maximum Gasteiger partial charge on any atom is 0.263 e. The number of amides is 1. The molecule has 12 heteroatoms. The van der Waals surface area contributed by atoms with E-state index in [-0.39, 0.29) is 33.5 Å². The van der Waals surface area contributed by atoms with Crippen LogP contribution in [0.3, 0.4) is 0 Å². The van der Waals surface area contributed by atoms with E-state index in [1.807, 2.05) is 13.0 Å². The van der Waals surface area contributed by atoms with E-state index in [4.69, 9.17) is 16.3 Å². The first-order chi connectivity index (χ1) is 18.1. The lowest BCUT2D eigenvalue weighted by Crippen LogP contribution is -2.28. The van der Waals surface area contributed by atoms with Gasteiger partial charge in [-0.25, -0.2) is 16.8 Å². The first-order valence-electron chi connectivity index (χ1n) is 12.0. The number of carbonyl (C=O) groups is 1. The molecule has 3 aromatic carbocycles. The van der Waals surface area contributed by atoms with Gasteiger partial charge in [-0.2, -0.15) is 4.31 Å². The molecule has 1 aliphatic heterocycles. The SMILES string of the molecule is Cc1cccc(NS(=O)(=O)c2cc(C(=O)NCCOc3ccc(S(=O)(=O)N4CCCC4)cc3)ccc2Cl)c1. The molecule has 1 amide bonds. The molecule has 2 N–H and O–H groups in total. The van der Waals surface area contributed by atoms with Crippen LogP contribution < -0.4 is 14.8 Å². The van der Waals surface area contributed by atoms with Crippen LogP contribution in [0.5, 0.6) is 5.75 Å². The molecule has 202 valence electrons. The first-order valence-corrected chi connectivity index (χ1v) is 15.3. The Morgan fingerprint density at radius 2 is 1.68 bits per heavy atom. The van der Waals surface area contributed by atoms with Crippen molar-refractivity contribution in [3.63, 3.8) is 0 Å². The minimum Gasteiger partial charge on any atom is -0.492 e. The van der Waals surface area contributed by atoms with Crippen LogP contribution >= 0.6 is 11.6 Å². The Morgan fingerprint density at radius 3 is 2.37 bits per heavy atom. The molecule has 1 saturated heterocycles. The van der Waals surface area contributed by atoms with Crippen LogP contribution in [-0.4, -0.2) is 53.3 Å². The summed E-state index contributed by atoms with van der Waals surface area (Å²) in [7, 11) is -7.53. The Hall–Kier alpha value is -3.12. The van der Waals surface area contributed by atoms with E-state index in [1.165, 1.54) is 34.6 Å². The van der Waals surface area contributed by atoms with Gasteiger partial charge < -0.3 is 10.1 Å². The van der Waals surface area contributed by atoms with Gasteiger partial charge in [0.1, 0.15) is 17.3 Å². The van der Waals surface area contributed by atoms with Gasteiger partial charge >= 0.3 is 0 Å². The molecule has 0 bridgehead atoms. The topological polar surface area (TPSA) is 122 Å².